The minimum atomic E-state index is -0.0192. The quantitative estimate of drug-likeness (QED) is 0.911. The van der Waals surface area contributed by atoms with Crippen molar-refractivity contribution in [1.82, 2.24) is 10.2 Å². The van der Waals surface area contributed by atoms with Crippen LogP contribution in [0.4, 0.5) is 5.82 Å². The van der Waals surface area contributed by atoms with Gasteiger partial charge in [0.25, 0.3) is 0 Å². The van der Waals surface area contributed by atoms with Gasteiger partial charge < -0.3 is 5.32 Å². The number of aryl methyl sites for hydroxylation is 1. The average Bonchev–Trinajstić information content (AvgIpc) is 2.79. The number of anilines is 1. The Labute approximate surface area is 108 Å². The van der Waals surface area contributed by atoms with Crippen molar-refractivity contribution >= 4 is 27.7 Å². The van der Waals surface area contributed by atoms with E-state index in [1.54, 1.807) is 12.3 Å². The number of nitrogens with zero attached hydrogens (tertiary/aromatic N) is 1. The van der Waals surface area contributed by atoms with Gasteiger partial charge in [-0.25, -0.2) is 0 Å². The minimum absolute atomic E-state index is 0.0192. The van der Waals surface area contributed by atoms with Crippen LogP contribution in [0, 0.1) is 0 Å². The Morgan fingerprint density at radius 3 is 3.00 bits per heavy atom. The summed E-state index contributed by atoms with van der Waals surface area (Å²) in [5, 5.41) is 9.18. The molecule has 2 N–H and O–H groups in total. The predicted molar refractivity (Wildman–Crippen MR) is 69.7 cm³/mol. The molecule has 0 bridgehead atoms. The van der Waals surface area contributed by atoms with Crippen LogP contribution in [0.5, 0.6) is 0 Å². The molecule has 1 aromatic heterocycles. The molecule has 5 heteroatoms. The van der Waals surface area contributed by atoms with Gasteiger partial charge in [-0.15, -0.1) is 0 Å². The summed E-state index contributed by atoms with van der Waals surface area (Å²) in [5.41, 5.74) is 1.14. The van der Waals surface area contributed by atoms with Crippen LogP contribution in [0.15, 0.2) is 41.0 Å². The Kier molecular flexibility index (Phi) is 3.93. The molecule has 2 rings (SSSR count). The van der Waals surface area contributed by atoms with Crippen molar-refractivity contribution in [3.8, 4) is 0 Å². The summed E-state index contributed by atoms with van der Waals surface area (Å²) in [4.78, 5) is 11.6. The number of aromatic amines is 1. The minimum Gasteiger partial charge on any atom is -0.311 e. The van der Waals surface area contributed by atoms with E-state index in [1.165, 1.54) is 0 Å². The fraction of sp³-hybridized carbons (Fsp3) is 0.167. The average molecular weight is 294 g/mol. The van der Waals surface area contributed by atoms with Gasteiger partial charge in [0.05, 0.1) is 6.20 Å². The van der Waals surface area contributed by atoms with Gasteiger partial charge in [-0.3, -0.25) is 9.89 Å². The third kappa shape index (κ3) is 3.71. The molecule has 0 radical (unpaired) electrons. The Balaban J connectivity index is 1.84. The Hall–Kier alpha value is -1.62. The second-order valence-corrected chi connectivity index (χ2v) is 4.56. The molecule has 0 saturated heterocycles. The molecule has 0 aliphatic carbocycles. The van der Waals surface area contributed by atoms with E-state index in [0.29, 0.717) is 12.2 Å². The van der Waals surface area contributed by atoms with Crippen LogP contribution < -0.4 is 5.32 Å². The van der Waals surface area contributed by atoms with Crippen molar-refractivity contribution in [2.75, 3.05) is 5.32 Å². The van der Waals surface area contributed by atoms with Crippen LogP contribution in [-0.2, 0) is 11.2 Å². The number of benzene rings is 1. The van der Waals surface area contributed by atoms with Gasteiger partial charge in [-0.2, -0.15) is 5.10 Å². The summed E-state index contributed by atoms with van der Waals surface area (Å²) in [5.74, 6) is 0.610. The molecule has 0 fully saturated rings. The zero-order valence-corrected chi connectivity index (χ0v) is 10.7. The molecule has 0 unspecified atom stereocenters. The molecule has 0 atom stereocenters. The van der Waals surface area contributed by atoms with E-state index in [-0.39, 0.29) is 5.91 Å². The lowest BCUT2D eigenvalue weighted by Crippen LogP contribution is -2.12. The first-order valence-electron chi connectivity index (χ1n) is 5.28. The van der Waals surface area contributed by atoms with E-state index in [0.717, 1.165) is 16.5 Å². The molecule has 0 aliphatic heterocycles. The number of halogens is 1. The largest absolute Gasteiger partial charge is 0.311 e. The van der Waals surface area contributed by atoms with E-state index in [2.05, 4.69) is 31.4 Å². The first-order valence-corrected chi connectivity index (χ1v) is 6.07. The first kappa shape index (κ1) is 11.9. The van der Waals surface area contributed by atoms with Gasteiger partial charge in [-0.1, -0.05) is 28.1 Å². The molecule has 0 saturated carbocycles. The van der Waals surface area contributed by atoms with Crippen molar-refractivity contribution in [2.45, 2.75) is 12.8 Å². The van der Waals surface area contributed by atoms with Crippen LogP contribution in [0.3, 0.4) is 0 Å². The van der Waals surface area contributed by atoms with Crippen LogP contribution in [0.25, 0.3) is 0 Å². The maximum absolute atomic E-state index is 11.6. The Morgan fingerprint density at radius 2 is 2.29 bits per heavy atom. The molecular weight excluding hydrogens is 282 g/mol. The highest BCUT2D eigenvalue weighted by Gasteiger charge is 2.03. The zero-order chi connectivity index (χ0) is 12.1. The molecule has 1 aromatic carbocycles. The molecule has 4 nitrogen and oxygen atoms in total. The molecule has 1 heterocycles. The summed E-state index contributed by atoms with van der Waals surface area (Å²) < 4.78 is 1.03. The zero-order valence-electron chi connectivity index (χ0n) is 9.11. The third-order valence-corrected chi connectivity index (χ3v) is 2.80. The van der Waals surface area contributed by atoms with E-state index in [4.69, 9.17) is 0 Å². The third-order valence-electron chi connectivity index (χ3n) is 2.30. The van der Waals surface area contributed by atoms with Gasteiger partial charge in [0.15, 0.2) is 0 Å². The standard InChI is InChI=1S/C12H12BrN3O/c13-10-3-1-2-9(8-10)4-5-12(17)15-11-6-7-14-16-11/h1-3,6-8H,4-5H2,(H2,14,15,16,17). The monoisotopic (exact) mass is 293 g/mol. The van der Waals surface area contributed by atoms with E-state index >= 15 is 0 Å². The molecule has 2 aromatic rings. The highest BCUT2D eigenvalue weighted by atomic mass is 79.9. The summed E-state index contributed by atoms with van der Waals surface area (Å²) in [6.45, 7) is 0. The fourth-order valence-corrected chi connectivity index (χ4v) is 1.94. The topological polar surface area (TPSA) is 57.8 Å². The number of hydrogen-bond donors (Lipinski definition) is 2. The summed E-state index contributed by atoms with van der Waals surface area (Å²) >= 11 is 3.40. The van der Waals surface area contributed by atoms with Gasteiger partial charge in [0.1, 0.15) is 5.82 Å². The predicted octanol–water partition coefficient (Wildman–Crippen LogP) is 2.74. The number of rotatable bonds is 4. The summed E-state index contributed by atoms with van der Waals surface area (Å²) in [7, 11) is 0. The van der Waals surface area contributed by atoms with Crippen molar-refractivity contribution in [3.05, 3.63) is 46.6 Å². The highest BCUT2D eigenvalue weighted by Crippen LogP contribution is 2.13. The highest BCUT2D eigenvalue weighted by molar-refractivity contribution is 9.10. The van der Waals surface area contributed by atoms with Gasteiger partial charge in [-0.05, 0) is 24.1 Å². The fourth-order valence-electron chi connectivity index (χ4n) is 1.49. The maximum atomic E-state index is 11.6. The first-order chi connectivity index (χ1) is 8.24. The molecule has 0 aliphatic rings. The van der Waals surface area contributed by atoms with Crippen molar-refractivity contribution in [3.63, 3.8) is 0 Å². The molecule has 1 amide bonds. The van der Waals surface area contributed by atoms with Crippen molar-refractivity contribution < 1.29 is 4.79 Å². The van der Waals surface area contributed by atoms with Crippen molar-refractivity contribution in [1.29, 1.82) is 0 Å². The van der Waals surface area contributed by atoms with E-state index < -0.39 is 0 Å². The second kappa shape index (κ2) is 5.63. The Morgan fingerprint density at radius 1 is 1.41 bits per heavy atom. The van der Waals surface area contributed by atoms with Crippen LogP contribution in [-0.4, -0.2) is 16.1 Å². The lowest BCUT2D eigenvalue weighted by Gasteiger charge is -2.03. The molecule has 0 spiro atoms. The smallest absolute Gasteiger partial charge is 0.225 e. The van der Waals surface area contributed by atoms with E-state index in [1.807, 2.05) is 24.3 Å². The molecular formula is C12H12BrN3O. The van der Waals surface area contributed by atoms with Gasteiger partial charge >= 0.3 is 0 Å². The summed E-state index contributed by atoms with van der Waals surface area (Å²) in [6, 6.07) is 9.68. The van der Waals surface area contributed by atoms with Gasteiger partial charge in [0.2, 0.25) is 5.91 Å². The van der Waals surface area contributed by atoms with Crippen molar-refractivity contribution in [2.24, 2.45) is 0 Å². The lowest BCUT2D eigenvalue weighted by atomic mass is 10.1. The number of nitrogens with one attached hydrogen (secondary N) is 2. The summed E-state index contributed by atoms with van der Waals surface area (Å²) in [6.07, 6.45) is 2.78. The molecule has 88 valence electrons. The number of amides is 1. The second-order valence-electron chi connectivity index (χ2n) is 3.65. The van der Waals surface area contributed by atoms with Crippen LogP contribution in [0.2, 0.25) is 0 Å². The number of carbonyl (C=O) groups excluding carboxylic acids is 1. The number of carbonyl (C=O) groups is 1. The normalized spacial score (nSPS) is 10.2. The van der Waals surface area contributed by atoms with Gasteiger partial charge in [0, 0.05) is 17.0 Å². The number of H-pyrrole nitrogens is 1. The van der Waals surface area contributed by atoms with Crippen LogP contribution in [0.1, 0.15) is 12.0 Å². The SMILES string of the molecule is O=C(CCc1cccc(Br)c1)Nc1ccn[nH]1. The maximum Gasteiger partial charge on any atom is 0.225 e. The Bertz CT molecular complexity index is 496. The number of aromatic nitrogens is 2. The van der Waals surface area contributed by atoms with Crippen LogP contribution >= 0.6 is 15.9 Å². The lowest BCUT2D eigenvalue weighted by molar-refractivity contribution is -0.116. The number of hydrogen-bond acceptors (Lipinski definition) is 2. The molecule has 17 heavy (non-hydrogen) atoms. The van der Waals surface area contributed by atoms with E-state index in [9.17, 15) is 4.79 Å².